The van der Waals surface area contributed by atoms with E-state index in [-0.39, 0.29) is 6.42 Å². The van der Waals surface area contributed by atoms with Gasteiger partial charge >= 0.3 is 24.0 Å². The van der Waals surface area contributed by atoms with E-state index in [0.29, 0.717) is 6.42 Å². The number of alkyl halides is 7. The Labute approximate surface area is 238 Å². The Kier molecular flexibility index (Phi) is 22.9. The summed E-state index contributed by atoms with van der Waals surface area (Å²) in [6.45, 7) is 1.65. The molecular weight excluding hydrogens is 537 g/mol. The van der Waals surface area contributed by atoms with Crippen molar-refractivity contribution in [1.29, 1.82) is 0 Å². The fourth-order valence-corrected chi connectivity index (χ4v) is 4.80. The molecule has 0 aliphatic rings. The summed E-state index contributed by atoms with van der Waals surface area (Å²) in [4.78, 5) is 11.0. The molecule has 0 saturated heterocycles. The van der Waals surface area contributed by atoms with Gasteiger partial charge in [0.15, 0.2) is 0 Å². The largest absolute Gasteiger partial charge is 0.461 e. The molecule has 0 aromatic rings. The molecule has 0 bridgehead atoms. The van der Waals surface area contributed by atoms with E-state index < -0.39 is 30.6 Å². The minimum atomic E-state index is -6.54. The van der Waals surface area contributed by atoms with Gasteiger partial charge in [-0.3, -0.25) is 0 Å². The van der Waals surface area contributed by atoms with Crippen LogP contribution < -0.4 is 0 Å². The number of carbonyl (C=O) groups excluding carboxylic acids is 1. The first kappa shape index (κ1) is 39.0. The predicted octanol–water partition coefficient (Wildman–Crippen LogP) is 12.1. The predicted molar refractivity (Wildman–Crippen MR) is 148 cm³/mol. The van der Waals surface area contributed by atoms with E-state index in [1.54, 1.807) is 0 Å². The van der Waals surface area contributed by atoms with Crippen molar-refractivity contribution >= 4 is 5.97 Å². The van der Waals surface area contributed by atoms with Crippen molar-refractivity contribution in [2.45, 2.75) is 185 Å². The standard InChI is InChI=1S/C31H55F7O2/c1-2-3-4-5-6-7-8-9-10-11-12-13-14-15-16-17-18-19-20-21-22-23-24-25-26-27-40-28(39)29(32,33)30(34,35)31(36,37)38/h2-27H2,1H3. The van der Waals surface area contributed by atoms with E-state index in [4.69, 9.17) is 0 Å². The van der Waals surface area contributed by atoms with Crippen LogP contribution in [0.5, 0.6) is 0 Å². The molecule has 2 nitrogen and oxygen atoms in total. The topological polar surface area (TPSA) is 26.3 Å². The van der Waals surface area contributed by atoms with E-state index in [0.717, 1.165) is 25.7 Å². The van der Waals surface area contributed by atoms with E-state index in [9.17, 15) is 35.5 Å². The smallest absolute Gasteiger partial charge is 0.460 e. The lowest BCUT2D eigenvalue weighted by Gasteiger charge is -2.26. The fourth-order valence-electron chi connectivity index (χ4n) is 4.80. The molecule has 0 atom stereocenters. The second-order valence-electron chi connectivity index (χ2n) is 11.3. The van der Waals surface area contributed by atoms with Crippen LogP contribution in [-0.2, 0) is 9.53 Å². The molecule has 0 aliphatic carbocycles. The van der Waals surface area contributed by atoms with Gasteiger partial charge in [-0.1, -0.05) is 161 Å². The normalized spacial score (nSPS) is 12.7. The molecule has 9 heteroatoms. The zero-order chi connectivity index (χ0) is 30.2. The Morgan fingerprint density at radius 3 is 0.950 bits per heavy atom. The Morgan fingerprint density at radius 2 is 0.700 bits per heavy atom. The minimum absolute atomic E-state index is 0.138. The van der Waals surface area contributed by atoms with E-state index in [1.807, 2.05) is 0 Å². The second-order valence-corrected chi connectivity index (χ2v) is 11.3. The second kappa shape index (κ2) is 23.5. The summed E-state index contributed by atoms with van der Waals surface area (Å²) < 4.78 is 92.0. The van der Waals surface area contributed by atoms with Crippen molar-refractivity contribution in [3.05, 3.63) is 0 Å². The number of hydrogen-bond acceptors (Lipinski definition) is 2. The first-order chi connectivity index (χ1) is 19.0. The molecule has 0 aromatic heterocycles. The molecule has 0 saturated carbocycles. The number of halogens is 7. The van der Waals surface area contributed by atoms with Crippen molar-refractivity contribution < 1.29 is 40.3 Å². The van der Waals surface area contributed by atoms with Gasteiger partial charge < -0.3 is 4.74 Å². The van der Waals surface area contributed by atoms with Crippen LogP contribution >= 0.6 is 0 Å². The third-order valence-electron chi connectivity index (χ3n) is 7.49. The van der Waals surface area contributed by atoms with Gasteiger partial charge in [-0.15, -0.1) is 0 Å². The van der Waals surface area contributed by atoms with E-state index in [2.05, 4.69) is 11.7 Å². The van der Waals surface area contributed by atoms with Crippen LogP contribution in [0.4, 0.5) is 30.7 Å². The van der Waals surface area contributed by atoms with Crippen molar-refractivity contribution in [1.82, 2.24) is 0 Å². The third kappa shape index (κ3) is 18.4. The summed E-state index contributed by atoms with van der Waals surface area (Å²) in [6, 6.07) is 0. The van der Waals surface area contributed by atoms with Crippen molar-refractivity contribution in [2.75, 3.05) is 6.61 Å². The first-order valence-electron chi connectivity index (χ1n) is 16.0. The van der Waals surface area contributed by atoms with Gasteiger partial charge in [0.1, 0.15) is 0 Å². The Bertz CT molecular complexity index is 595. The zero-order valence-corrected chi connectivity index (χ0v) is 24.8. The van der Waals surface area contributed by atoms with Crippen LogP contribution in [-0.4, -0.2) is 30.6 Å². The van der Waals surface area contributed by atoms with Crippen LogP contribution in [0.1, 0.15) is 167 Å². The van der Waals surface area contributed by atoms with Gasteiger partial charge in [-0.05, 0) is 6.42 Å². The van der Waals surface area contributed by atoms with Gasteiger partial charge in [-0.2, -0.15) is 30.7 Å². The van der Waals surface area contributed by atoms with E-state index in [1.165, 1.54) is 122 Å². The molecule has 0 spiro atoms. The van der Waals surface area contributed by atoms with Crippen LogP contribution in [0.15, 0.2) is 0 Å². The third-order valence-corrected chi connectivity index (χ3v) is 7.49. The van der Waals surface area contributed by atoms with E-state index >= 15 is 0 Å². The number of unbranched alkanes of at least 4 members (excludes halogenated alkanes) is 24. The molecule has 0 rings (SSSR count). The van der Waals surface area contributed by atoms with Gasteiger partial charge in [0.2, 0.25) is 0 Å². The highest BCUT2D eigenvalue weighted by atomic mass is 19.4. The summed E-state index contributed by atoms with van der Waals surface area (Å²) >= 11 is 0. The molecule has 0 amide bonds. The molecule has 0 radical (unpaired) electrons. The fraction of sp³-hybridized carbons (Fsp3) is 0.968. The molecule has 0 unspecified atom stereocenters. The first-order valence-corrected chi connectivity index (χ1v) is 16.0. The Hall–Kier alpha value is -1.02. The van der Waals surface area contributed by atoms with Gasteiger partial charge in [0.25, 0.3) is 0 Å². The summed E-state index contributed by atoms with van der Waals surface area (Å²) in [5.41, 5.74) is 0. The molecular formula is C31H55F7O2. The number of rotatable bonds is 28. The summed E-state index contributed by atoms with van der Waals surface area (Å²) in [6.07, 6.45) is 23.5. The molecule has 0 N–H and O–H groups in total. The maximum atomic E-state index is 13.1. The number of esters is 1. The maximum absolute atomic E-state index is 13.1. The van der Waals surface area contributed by atoms with Crippen LogP contribution in [0.3, 0.4) is 0 Å². The van der Waals surface area contributed by atoms with Gasteiger partial charge in [0, 0.05) is 0 Å². The summed E-state index contributed by atoms with van der Waals surface area (Å²) in [7, 11) is 0. The number of carbonyl (C=O) groups is 1. The quantitative estimate of drug-likeness (QED) is 0.0513. The highest BCUT2D eigenvalue weighted by Gasteiger charge is 2.77. The lowest BCUT2D eigenvalue weighted by atomic mass is 10.0. The minimum Gasteiger partial charge on any atom is -0.461 e. The molecule has 0 heterocycles. The Morgan fingerprint density at radius 1 is 0.450 bits per heavy atom. The SMILES string of the molecule is CCCCCCCCCCCCCCCCCCCCCCCCCCCOC(=O)C(F)(F)C(F)(F)C(F)(F)F. The maximum Gasteiger partial charge on any atom is 0.460 e. The highest BCUT2D eigenvalue weighted by Crippen LogP contribution is 2.47. The van der Waals surface area contributed by atoms with Crippen LogP contribution in [0.2, 0.25) is 0 Å². The number of hydrogen-bond donors (Lipinski definition) is 0. The Balaban J connectivity index is 3.37. The number of ether oxygens (including phenoxy) is 1. The highest BCUT2D eigenvalue weighted by molar-refractivity contribution is 5.79. The lowest BCUT2D eigenvalue weighted by Crippen LogP contribution is -2.56. The lowest BCUT2D eigenvalue weighted by molar-refractivity contribution is -0.348. The van der Waals surface area contributed by atoms with Crippen LogP contribution in [0.25, 0.3) is 0 Å². The molecule has 0 aliphatic heterocycles. The van der Waals surface area contributed by atoms with Crippen LogP contribution in [0, 0.1) is 0 Å². The molecule has 40 heavy (non-hydrogen) atoms. The molecule has 240 valence electrons. The van der Waals surface area contributed by atoms with Crippen molar-refractivity contribution in [3.8, 4) is 0 Å². The molecule has 0 fully saturated rings. The molecule has 0 aromatic carbocycles. The summed E-state index contributed by atoms with van der Waals surface area (Å²) in [5, 5.41) is 0. The monoisotopic (exact) mass is 592 g/mol. The van der Waals surface area contributed by atoms with Crippen molar-refractivity contribution in [2.24, 2.45) is 0 Å². The average Bonchev–Trinajstić information content (AvgIpc) is 2.89. The summed E-state index contributed by atoms with van der Waals surface area (Å²) in [5.74, 6) is -15.3. The zero-order valence-electron chi connectivity index (χ0n) is 24.8. The van der Waals surface area contributed by atoms with Gasteiger partial charge in [0.05, 0.1) is 6.61 Å². The van der Waals surface area contributed by atoms with Gasteiger partial charge in [-0.25, -0.2) is 4.79 Å². The average molecular weight is 593 g/mol. The van der Waals surface area contributed by atoms with Crippen molar-refractivity contribution in [3.63, 3.8) is 0 Å².